The normalized spacial score (nSPS) is 16.3. The molecule has 0 aromatic carbocycles. The van der Waals surface area contributed by atoms with Gasteiger partial charge in [-0.25, -0.2) is 0 Å². The molecule has 1 aliphatic heterocycles. The lowest BCUT2D eigenvalue weighted by atomic mass is 9.97. The summed E-state index contributed by atoms with van der Waals surface area (Å²) in [4.78, 5) is 11.9. The highest BCUT2D eigenvalue weighted by Crippen LogP contribution is 2.18. The molecule has 0 spiro atoms. The number of hydrogen-bond acceptors (Lipinski definition) is 5. The van der Waals surface area contributed by atoms with Gasteiger partial charge in [0.15, 0.2) is 0 Å². The summed E-state index contributed by atoms with van der Waals surface area (Å²) in [6.45, 7) is 3.88. The predicted octanol–water partition coefficient (Wildman–Crippen LogP) is 1.46. The van der Waals surface area contributed by atoms with Crippen LogP contribution in [0.15, 0.2) is 0 Å². The van der Waals surface area contributed by atoms with Crippen molar-refractivity contribution in [1.82, 2.24) is 15.5 Å². The average Bonchev–Trinajstić information content (AvgIpc) is 2.78. The van der Waals surface area contributed by atoms with Gasteiger partial charge in [0.25, 0.3) is 0 Å². The van der Waals surface area contributed by atoms with Crippen molar-refractivity contribution >= 4 is 34.8 Å². The van der Waals surface area contributed by atoms with Gasteiger partial charge >= 0.3 is 0 Å². The standard InChI is InChI=1S/C10H16N4OS.ClH/c1-2-8-13-14-10(16-8)12-9(15)7-3-5-11-6-4-7;/h7,11H,2-6H2,1H3,(H,12,14,15);1H. The first-order chi connectivity index (χ1) is 7.79. The van der Waals surface area contributed by atoms with Gasteiger partial charge in [-0.2, -0.15) is 0 Å². The number of carbonyl (C=O) groups is 1. The third-order valence-corrected chi connectivity index (χ3v) is 3.69. The Balaban J connectivity index is 0.00000144. The smallest absolute Gasteiger partial charge is 0.229 e. The van der Waals surface area contributed by atoms with Crippen molar-refractivity contribution < 1.29 is 4.79 Å². The van der Waals surface area contributed by atoms with E-state index >= 15 is 0 Å². The highest BCUT2D eigenvalue weighted by atomic mass is 35.5. The van der Waals surface area contributed by atoms with E-state index in [0.29, 0.717) is 5.13 Å². The van der Waals surface area contributed by atoms with Gasteiger partial charge in [-0.05, 0) is 32.4 Å². The molecule has 0 unspecified atom stereocenters. The molecule has 0 bridgehead atoms. The number of piperidine rings is 1. The third kappa shape index (κ3) is 3.90. The van der Waals surface area contributed by atoms with Crippen molar-refractivity contribution in [3.63, 3.8) is 0 Å². The fourth-order valence-corrected chi connectivity index (χ4v) is 2.42. The van der Waals surface area contributed by atoms with E-state index in [-0.39, 0.29) is 24.2 Å². The van der Waals surface area contributed by atoms with Gasteiger partial charge in [0, 0.05) is 5.92 Å². The van der Waals surface area contributed by atoms with Gasteiger partial charge in [0.05, 0.1) is 0 Å². The van der Waals surface area contributed by atoms with Crippen LogP contribution in [0.5, 0.6) is 0 Å². The van der Waals surface area contributed by atoms with Gasteiger partial charge in [-0.15, -0.1) is 22.6 Å². The first-order valence-corrected chi connectivity index (χ1v) is 6.45. The molecule has 1 aliphatic rings. The number of nitrogens with one attached hydrogen (secondary N) is 2. The lowest BCUT2D eigenvalue weighted by Gasteiger charge is -2.20. The average molecular weight is 277 g/mol. The van der Waals surface area contributed by atoms with E-state index in [1.54, 1.807) is 0 Å². The Morgan fingerprint density at radius 3 is 2.76 bits per heavy atom. The number of rotatable bonds is 3. The van der Waals surface area contributed by atoms with Gasteiger partial charge in [0.2, 0.25) is 11.0 Å². The number of amides is 1. The fourth-order valence-electron chi connectivity index (χ4n) is 1.74. The summed E-state index contributed by atoms with van der Waals surface area (Å²) in [5, 5.41) is 15.6. The summed E-state index contributed by atoms with van der Waals surface area (Å²) in [5.41, 5.74) is 0. The SMILES string of the molecule is CCc1nnc(NC(=O)C2CCNCC2)s1.Cl. The molecular weight excluding hydrogens is 260 g/mol. The molecule has 7 heteroatoms. The summed E-state index contributed by atoms with van der Waals surface area (Å²) >= 11 is 1.46. The van der Waals surface area contributed by atoms with Crippen LogP contribution in [0.1, 0.15) is 24.8 Å². The van der Waals surface area contributed by atoms with Crippen molar-refractivity contribution in [2.45, 2.75) is 26.2 Å². The molecule has 2 N–H and O–H groups in total. The maximum Gasteiger partial charge on any atom is 0.229 e. The molecule has 5 nitrogen and oxygen atoms in total. The Morgan fingerprint density at radius 1 is 1.47 bits per heavy atom. The number of anilines is 1. The van der Waals surface area contributed by atoms with Crippen molar-refractivity contribution in [3.05, 3.63) is 5.01 Å². The quantitative estimate of drug-likeness (QED) is 0.877. The van der Waals surface area contributed by atoms with Crippen molar-refractivity contribution in [1.29, 1.82) is 0 Å². The van der Waals surface area contributed by atoms with Crippen LogP contribution in [0.4, 0.5) is 5.13 Å². The molecule has 2 heterocycles. The Bertz CT molecular complexity index is 365. The molecule has 17 heavy (non-hydrogen) atoms. The molecule has 2 rings (SSSR count). The zero-order chi connectivity index (χ0) is 11.4. The second-order valence-corrected chi connectivity index (χ2v) is 4.93. The molecule has 1 aromatic rings. The first-order valence-electron chi connectivity index (χ1n) is 5.63. The number of hydrogen-bond donors (Lipinski definition) is 2. The molecule has 1 amide bonds. The van der Waals surface area contributed by atoms with E-state index in [2.05, 4.69) is 20.8 Å². The largest absolute Gasteiger partial charge is 0.317 e. The molecule has 0 saturated carbocycles. The summed E-state index contributed by atoms with van der Waals surface area (Å²) in [7, 11) is 0. The minimum atomic E-state index is 0. The van der Waals surface area contributed by atoms with Crippen molar-refractivity contribution in [2.75, 3.05) is 18.4 Å². The Morgan fingerprint density at radius 2 is 2.18 bits per heavy atom. The van der Waals surface area contributed by atoms with Crippen LogP contribution in [0.3, 0.4) is 0 Å². The summed E-state index contributed by atoms with van der Waals surface area (Å²) in [6.07, 6.45) is 2.68. The molecule has 0 radical (unpaired) electrons. The van der Waals surface area contributed by atoms with Gasteiger partial charge in [-0.3, -0.25) is 4.79 Å². The van der Waals surface area contributed by atoms with Crippen LogP contribution < -0.4 is 10.6 Å². The third-order valence-electron chi connectivity index (χ3n) is 2.71. The van der Waals surface area contributed by atoms with Crippen LogP contribution in [0.25, 0.3) is 0 Å². The van der Waals surface area contributed by atoms with Gasteiger partial charge in [0.1, 0.15) is 5.01 Å². The van der Waals surface area contributed by atoms with E-state index in [4.69, 9.17) is 0 Å². The summed E-state index contributed by atoms with van der Waals surface area (Å²) in [6, 6.07) is 0. The van der Waals surface area contributed by atoms with Crippen LogP contribution in [-0.4, -0.2) is 29.2 Å². The molecular formula is C10H17ClN4OS. The maximum atomic E-state index is 11.9. The minimum Gasteiger partial charge on any atom is -0.317 e. The van der Waals surface area contributed by atoms with Crippen LogP contribution >= 0.6 is 23.7 Å². The molecule has 1 saturated heterocycles. The number of halogens is 1. The maximum absolute atomic E-state index is 11.9. The van der Waals surface area contributed by atoms with E-state index in [1.807, 2.05) is 6.92 Å². The van der Waals surface area contributed by atoms with E-state index < -0.39 is 0 Å². The zero-order valence-corrected chi connectivity index (χ0v) is 11.4. The van der Waals surface area contributed by atoms with Crippen LogP contribution in [-0.2, 0) is 11.2 Å². The Kier molecular flexibility index (Phi) is 5.80. The summed E-state index contributed by atoms with van der Waals surface area (Å²) < 4.78 is 0. The summed E-state index contributed by atoms with van der Waals surface area (Å²) in [5.74, 6) is 0.204. The molecule has 96 valence electrons. The highest BCUT2D eigenvalue weighted by molar-refractivity contribution is 7.15. The van der Waals surface area contributed by atoms with Gasteiger partial charge < -0.3 is 10.6 Å². The number of aryl methyl sites for hydroxylation is 1. The number of nitrogens with zero attached hydrogens (tertiary/aromatic N) is 2. The topological polar surface area (TPSA) is 66.9 Å². The molecule has 1 aromatic heterocycles. The Labute approximate surface area is 111 Å². The Hall–Kier alpha value is -0.720. The molecule has 1 fully saturated rings. The van der Waals surface area contributed by atoms with Gasteiger partial charge in [-0.1, -0.05) is 18.3 Å². The monoisotopic (exact) mass is 276 g/mol. The molecule has 0 aliphatic carbocycles. The van der Waals surface area contributed by atoms with Crippen molar-refractivity contribution in [3.8, 4) is 0 Å². The fraction of sp³-hybridized carbons (Fsp3) is 0.700. The second-order valence-electron chi connectivity index (χ2n) is 3.87. The minimum absolute atomic E-state index is 0. The lowest BCUT2D eigenvalue weighted by Crippen LogP contribution is -2.34. The number of carbonyl (C=O) groups excluding carboxylic acids is 1. The number of aromatic nitrogens is 2. The van der Waals surface area contributed by atoms with E-state index in [0.717, 1.165) is 37.4 Å². The molecule has 0 atom stereocenters. The van der Waals surface area contributed by atoms with Crippen molar-refractivity contribution in [2.24, 2.45) is 5.92 Å². The van der Waals surface area contributed by atoms with E-state index in [9.17, 15) is 4.79 Å². The predicted molar refractivity (Wildman–Crippen MR) is 70.8 cm³/mol. The second kappa shape index (κ2) is 6.88. The highest BCUT2D eigenvalue weighted by Gasteiger charge is 2.21. The first kappa shape index (κ1) is 14.3. The van der Waals surface area contributed by atoms with Crippen LogP contribution in [0, 0.1) is 5.92 Å². The lowest BCUT2D eigenvalue weighted by molar-refractivity contribution is -0.120. The van der Waals surface area contributed by atoms with E-state index in [1.165, 1.54) is 11.3 Å². The van der Waals surface area contributed by atoms with Crippen LogP contribution in [0.2, 0.25) is 0 Å². The zero-order valence-electron chi connectivity index (χ0n) is 9.73.